The van der Waals surface area contributed by atoms with Crippen molar-refractivity contribution in [3.8, 4) is 0 Å². The van der Waals surface area contributed by atoms with Crippen LogP contribution < -0.4 is 10.6 Å². The molecule has 4 N–H and O–H groups in total. The Morgan fingerprint density at radius 1 is 0.852 bits per heavy atom. The van der Waals surface area contributed by atoms with Crippen molar-refractivity contribution in [3.05, 3.63) is 62.7 Å². The molecule has 0 aliphatic carbocycles. The molecule has 0 saturated carbocycles. The lowest BCUT2D eigenvalue weighted by Gasteiger charge is -2.38. The smallest absolute Gasteiger partial charge is 0.410 e. The maximum absolute atomic E-state index is 12.6. The standard InChI is InChI=1S/C26H45NSi.C18H24N2O6/c1-7-11-15-20-19-24-25(22(17-13-9-3)21(20)16-12-8-2)23(18-14-10-4)26(27-24)28(5)6;1-10-11(15(21)22)5-6-12(14(10)16(23)24)13-9-19-7-8-20(13)17(25)26-18(2,3)4/h19,27-28H,7-18H2,1-6H3;5-6,13,19H,7-9H2,1-4H3,(H,21,22)(H,23,24). The molecule has 1 atom stereocenters. The molecule has 10 heteroatoms. The number of fused-ring (bicyclic) bond motifs is 1. The van der Waals surface area contributed by atoms with Crippen LogP contribution in [0.1, 0.15) is 160 Å². The third-order valence-electron chi connectivity index (χ3n) is 10.4. The molecule has 9 nitrogen and oxygen atoms in total. The molecular formula is C44H69N3O6Si. The van der Waals surface area contributed by atoms with Gasteiger partial charge in [0.15, 0.2) is 0 Å². The summed E-state index contributed by atoms with van der Waals surface area (Å²) < 4.78 is 5.44. The Bertz CT molecular complexity index is 1720. The number of hydrogen-bond donors (Lipinski definition) is 4. The van der Waals surface area contributed by atoms with Crippen molar-refractivity contribution in [2.75, 3.05) is 19.6 Å². The summed E-state index contributed by atoms with van der Waals surface area (Å²) in [5.74, 6) is -2.42. The van der Waals surface area contributed by atoms with Crippen LogP contribution in [0.25, 0.3) is 10.9 Å². The minimum absolute atomic E-state index is 0.0706. The van der Waals surface area contributed by atoms with Crippen LogP contribution in [0.15, 0.2) is 18.2 Å². The molecule has 2 heterocycles. The van der Waals surface area contributed by atoms with Crippen LogP contribution in [0.2, 0.25) is 13.1 Å². The van der Waals surface area contributed by atoms with E-state index in [4.69, 9.17) is 4.74 Å². The van der Waals surface area contributed by atoms with E-state index in [1.807, 2.05) is 0 Å². The molecular weight excluding hydrogens is 695 g/mol. The van der Waals surface area contributed by atoms with Crippen LogP contribution >= 0.6 is 0 Å². The van der Waals surface area contributed by atoms with Gasteiger partial charge in [0.25, 0.3) is 0 Å². The summed E-state index contributed by atoms with van der Waals surface area (Å²) in [6, 6.07) is 4.84. The first-order valence-corrected chi connectivity index (χ1v) is 23.5. The molecule has 0 radical (unpaired) electrons. The Balaban J connectivity index is 0.000000291. The Hall–Kier alpha value is -3.63. The van der Waals surface area contributed by atoms with Crippen LogP contribution in [0.5, 0.6) is 0 Å². The lowest BCUT2D eigenvalue weighted by Crippen LogP contribution is -2.50. The van der Waals surface area contributed by atoms with Crippen LogP contribution in [0.3, 0.4) is 0 Å². The Labute approximate surface area is 326 Å². The van der Waals surface area contributed by atoms with E-state index in [0.29, 0.717) is 25.2 Å². The molecule has 4 rings (SSSR count). The number of ether oxygens (including phenoxy) is 1. The van der Waals surface area contributed by atoms with Crippen molar-refractivity contribution < 1.29 is 29.3 Å². The molecule has 1 fully saturated rings. The van der Waals surface area contributed by atoms with Gasteiger partial charge in [0.05, 0.1) is 26.0 Å². The molecule has 0 spiro atoms. The van der Waals surface area contributed by atoms with Crippen LogP contribution in [0.4, 0.5) is 4.79 Å². The molecule has 54 heavy (non-hydrogen) atoms. The number of nitrogens with zero attached hydrogens (tertiary/aromatic N) is 1. The second-order valence-electron chi connectivity index (χ2n) is 16.2. The highest BCUT2D eigenvalue weighted by molar-refractivity contribution is 6.70. The summed E-state index contributed by atoms with van der Waals surface area (Å²) in [5, 5.41) is 25.3. The number of carbonyl (C=O) groups is 3. The second kappa shape index (κ2) is 20.9. The zero-order valence-electron chi connectivity index (χ0n) is 35.0. The predicted octanol–water partition coefficient (Wildman–Crippen LogP) is 9.50. The van der Waals surface area contributed by atoms with E-state index in [1.165, 1.54) is 107 Å². The van der Waals surface area contributed by atoms with Crippen molar-refractivity contribution in [3.63, 3.8) is 0 Å². The fourth-order valence-electron chi connectivity index (χ4n) is 7.68. The fraction of sp³-hybridized carbons (Fsp3) is 0.614. The summed E-state index contributed by atoms with van der Waals surface area (Å²) in [6.07, 6.45) is 14.9. The Morgan fingerprint density at radius 3 is 1.96 bits per heavy atom. The number of carboxylic acid groups (broad SMARTS) is 2. The fourth-order valence-corrected chi connectivity index (χ4v) is 9.11. The highest BCUT2D eigenvalue weighted by Gasteiger charge is 2.35. The molecule has 1 saturated heterocycles. The van der Waals surface area contributed by atoms with Crippen LogP contribution in [0, 0.1) is 6.92 Å². The Kier molecular flexibility index (Phi) is 17.3. The number of aryl methyl sites for hydroxylation is 3. The molecule has 1 unspecified atom stereocenters. The van der Waals surface area contributed by atoms with Gasteiger partial charge in [-0.3, -0.25) is 4.90 Å². The largest absolute Gasteiger partial charge is 0.478 e. The minimum Gasteiger partial charge on any atom is -0.478 e. The van der Waals surface area contributed by atoms with Gasteiger partial charge in [-0.05, 0) is 130 Å². The normalized spacial score (nSPS) is 14.6. The van der Waals surface area contributed by atoms with Crippen molar-refractivity contribution >= 4 is 43.0 Å². The number of rotatable bonds is 16. The summed E-state index contributed by atoms with van der Waals surface area (Å²) in [6.45, 7) is 22.3. The number of hydrogen-bond acceptors (Lipinski definition) is 5. The number of aromatic amines is 1. The topological polar surface area (TPSA) is 132 Å². The van der Waals surface area contributed by atoms with E-state index in [0.717, 1.165) is 0 Å². The Morgan fingerprint density at radius 2 is 1.43 bits per heavy atom. The van der Waals surface area contributed by atoms with Gasteiger partial charge in [-0.25, -0.2) is 14.4 Å². The zero-order chi connectivity index (χ0) is 40.2. The number of nitrogens with one attached hydrogen (secondary N) is 2. The minimum atomic E-state index is -1.23. The maximum atomic E-state index is 12.6. The van der Waals surface area contributed by atoms with Gasteiger partial charge < -0.3 is 25.3 Å². The SMILES string of the molecule is CCCCc1cc2[nH]c([SiH](C)C)c(CCCC)c2c(CCCC)c1CCCC.Cc1c(C(=O)O)ccc(C2CNCCN2C(=O)OC(C)(C)C)c1C(=O)O. The van der Waals surface area contributed by atoms with Crippen molar-refractivity contribution in [2.24, 2.45) is 0 Å². The van der Waals surface area contributed by atoms with Gasteiger partial charge in [-0.15, -0.1) is 0 Å². The monoisotopic (exact) mass is 763 g/mol. The second-order valence-corrected chi connectivity index (χ2v) is 19.1. The first kappa shape index (κ1) is 44.8. The average molecular weight is 764 g/mol. The number of carboxylic acids is 2. The summed E-state index contributed by atoms with van der Waals surface area (Å²) >= 11 is 0. The number of carbonyl (C=O) groups excluding carboxylic acids is 1. The van der Waals surface area contributed by atoms with Crippen LogP contribution in [-0.2, 0) is 30.4 Å². The third-order valence-corrected chi connectivity index (χ3v) is 12.1. The van der Waals surface area contributed by atoms with Gasteiger partial charge in [-0.1, -0.05) is 72.5 Å². The van der Waals surface area contributed by atoms with Crippen molar-refractivity contribution in [1.82, 2.24) is 15.2 Å². The van der Waals surface area contributed by atoms with E-state index >= 15 is 0 Å². The molecule has 300 valence electrons. The number of unbranched alkanes of at least 4 members (excludes halogenated alkanes) is 4. The highest BCUT2D eigenvalue weighted by atomic mass is 28.3. The summed E-state index contributed by atoms with van der Waals surface area (Å²) in [4.78, 5) is 41.2. The number of piperazine rings is 1. The van der Waals surface area contributed by atoms with E-state index in [2.05, 4.69) is 57.2 Å². The van der Waals surface area contributed by atoms with Crippen molar-refractivity contribution in [1.29, 1.82) is 0 Å². The predicted molar refractivity (Wildman–Crippen MR) is 225 cm³/mol. The van der Waals surface area contributed by atoms with Gasteiger partial charge in [0.1, 0.15) is 5.60 Å². The molecule has 1 aliphatic rings. The van der Waals surface area contributed by atoms with Gasteiger partial charge in [0.2, 0.25) is 0 Å². The van der Waals surface area contributed by atoms with E-state index in [-0.39, 0.29) is 16.7 Å². The first-order chi connectivity index (χ1) is 25.6. The van der Waals surface area contributed by atoms with Gasteiger partial charge in [-0.2, -0.15) is 0 Å². The third kappa shape index (κ3) is 11.4. The summed E-state index contributed by atoms with van der Waals surface area (Å²) in [7, 11) is -0.865. The number of aromatic carboxylic acids is 2. The van der Waals surface area contributed by atoms with Crippen LogP contribution in [-0.4, -0.2) is 72.2 Å². The van der Waals surface area contributed by atoms with E-state index in [9.17, 15) is 24.6 Å². The molecule has 1 aliphatic heterocycles. The number of aromatic nitrogens is 1. The summed E-state index contributed by atoms with van der Waals surface area (Å²) in [5.41, 5.74) is 7.97. The number of amides is 1. The molecule has 1 amide bonds. The van der Waals surface area contributed by atoms with E-state index < -0.39 is 38.5 Å². The quantitative estimate of drug-likeness (QED) is 0.107. The lowest BCUT2D eigenvalue weighted by atomic mass is 9.87. The van der Waals surface area contributed by atoms with E-state index in [1.54, 1.807) is 53.7 Å². The first-order valence-electron chi connectivity index (χ1n) is 20.6. The number of H-pyrrole nitrogens is 1. The molecule has 3 aromatic rings. The number of benzene rings is 2. The average Bonchev–Trinajstić information content (AvgIpc) is 3.48. The van der Waals surface area contributed by atoms with Gasteiger partial charge >= 0.3 is 18.0 Å². The zero-order valence-corrected chi connectivity index (χ0v) is 36.1. The van der Waals surface area contributed by atoms with Crippen molar-refractivity contribution in [2.45, 2.75) is 157 Å². The molecule has 2 aromatic carbocycles. The molecule has 1 aromatic heterocycles. The highest BCUT2D eigenvalue weighted by Crippen LogP contribution is 2.33. The van der Waals surface area contributed by atoms with Gasteiger partial charge in [0, 0.05) is 30.5 Å². The maximum Gasteiger partial charge on any atom is 0.410 e. The lowest BCUT2D eigenvalue weighted by molar-refractivity contribution is 0.0114. The molecule has 0 bridgehead atoms.